The van der Waals surface area contributed by atoms with Crippen molar-refractivity contribution < 1.29 is 13.5 Å². The maximum absolute atomic E-state index is 12.0. The fraction of sp³-hybridized carbons (Fsp3) is 0.192. The van der Waals surface area contributed by atoms with Crippen LogP contribution in [0.5, 0.6) is 0 Å². The summed E-state index contributed by atoms with van der Waals surface area (Å²) in [5, 5.41) is 10.8. The molecule has 0 aliphatic carbocycles. The van der Waals surface area contributed by atoms with Crippen LogP contribution >= 0.6 is 11.6 Å². The van der Waals surface area contributed by atoms with Gasteiger partial charge in [-0.15, -0.1) is 0 Å². The second-order valence-corrected chi connectivity index (χ2v) is 10.8. The molecule has 0 spiro atoms. The monoisotopic (exact) mass is 482 g/mol. The van der Waals surface area contributed by atoms with E-state index < -0.39 is 15.4 Å². The van der Waals surface area contributed by atoms with E-state index in [1.807, 2.05) is 36.4 Å². The Balaban J connectivity index is 2.00. The summed E-state index contributed by atoms with van der Waals surface area (Å²) >= 11 is 6.29. The molecule has 0 radical (unpaired) electrons. The zero-order valence-electron chi connectivity index (χ0n) is 18.8. The zero-order valence-corrected chi connectivity index (χ0v) is 20.4. The quantitative estimate of drug-likeness (QED) is 0.432. The zero-order chi connectivity index (χ0) is 24.2. The van der Waals surface area contributed by atoms with Gasteiger partial charge in [-0.2, -0.15) is 0 Å². The molecule has 3 aromatic carbocycles. The number of aliphatic imine (C=N–C) groups is 1. The molecule has 0 fully saturated rings. The number of sulfone groups is 1. The predicted octanol–water partition coefficient (Wildman–Crippen LogP) is 5.53. The maximum Gasteiger partial charge on any atom is 0.178 e. The molecule has 0 saturated heterocycles. The van der Waals surface area contributed by atoms with E-state index in [4.69, 9.17) is 17.3 Å². The number of nitrogens with zero attached hydrogens (tertiary/aromatic N) is 1. The Morgan fingerprint density at radius 2 is 1.55 bits per heavy atom. The van der Waals surface area contributed by atoms with Gasteiger partial charge in [-0.3, -0.25) is 0 Å². The van der Waals surface area contributed by atoms with Gasteiger partial charge in [0.25, 0.3) is 0 Å². The predicted molar refractivity (Wildman–Crippen MR) is 136 cm³/mol. The summed E-state index contributed by atoms with van der Waals surface area (Å²) in [6, 6.07) is 21.7. The molecule has 0 bridgehead atoms. The van der Waals surface area contributed by atoms with E-state index in [0.29, 0.717) is 21.3 Å². The number of para-hydroxylation sites is 1. The molecule has 0 saturated carbocycles. The summed E-state index contributed by atoms with van der Waals surface area (Å²) < 4.78 is 24.1. The van der Waals surface area contributed by atoms with Gasteiger partial charge >= 0.3 is 0 Å². The van der Waals surface area contributed by atoms with Crippen LogP contribution in [0, 0.1) is 0 Å². The van der Waals surface area contributed by atoms with Crippen LogP contribution in [0.3, 0.4) is 0 Å². The highest BCUT2D eigenvalue weighted by atomic mass is 35.5. The second kappa shape index (κ2) is 9.91. The van der Waals surface area contributed by atoms with Crippen LogP contribution in [0.4, 0.5) is 5.69 Å². The highest BCUT2D eigenvalue weighted by molar-refractivity contribution is 7.91. The Morgan fingerprint density at radius 3 is 2.06 bits per heavy atom. The molecule has 3 aromatic rings. The van der Waals surface area contributed by atoms with Crippen LogP contribution in [-0.2, 0) is 9.84 Å². The first-order valence-electron chi connectivity index (χ1n) is 10.5. The summed E-state index contributed by atoms with van der Waals surface area (Å²) in [5.74, 6) is 0.0654. The molecule has 5 nitrogen and oxygen atoms in total. The van der Waals surface area contributed by atoms with Gasteiger partial charge in [-0.25, -0.2) is 13.4 Å². The molecule has 0 unspecified atom stereocenters. The van der Waals surface area contributed by atoms with E-state index in [-0.39, 0.29) is 11.4 Å². The van der Waals surface area contributed by atoms with E-state index >= 15 is 0 Å². The Labute approximate surface area is 200 Å². The van der Waals surface area contributed by atoms with Crippen LogP contribution in [-0.4, -0.2) is 30.6 Å². The first kappa shape index (κ1) is 24.7. The number of aliphatic hydroxyl groups is 1. The van der Waals surface area contributed by atoms with E-state index in [9.17, 15) is 13.5 Å². The van der Waals surface area contributed by atoms with Crippen LogP contribution < -0.4 is 5.73 Å². The van der Waals surface area contributed by atoms with Crippen molar-refractivity contribution in [2.45, 2.75) is 31.3 Å². The molecule has 3 N–H and O–H groups in total. The van der Waals surface area contributed by atoms with E-state index in [2.05, 4.69) is 4.99 Å². The summed E-state index contributed by atoms with van der Waals surface area (Å²) in [6.45, 7) is 4.84. The largest absolute Gasteiger partial charge is 0.400 e. The molecule has 0 aromatic heterocycles. The second-order valence-electron chi connectivity index (χ2n) is 8.11. The standard InChI is InChI=1S/C26H27ClN2O3S/c1-4-33(31,32)21-15-13-19(14-16-21)18-9-11-20(12-10-18)24(17-25(28)26(2,3)30)29-23-8-6-5-7-22(23)27/h5-17,30H,4,28H2,1-3H3. The average molecular weight is 483 g/mol. The van der Waals surface area contributed by atoms with Crippen LogP contribution in [0.25, 0.3) is 11.1 Å². The fourth-order valence-electron chi connectivity index (χ4n) is 3.03. The smallest absolute Gasteiger partial charge is 0.178 e. The number of halogens is 1. The van der Waals surface area contributed by atoms with E-state index in [1.54, 1.807) is 63.2 Å². The average Bonchev–Trinajstić information content (AvgIpc) is 2.79. The first-order chi connectivity index (χ1) is 15.5. The number of nitrogens with two attached hydrogens (primary N) is 1. The molecule has 3 rings (SSSR count). The lowest BCUT2D eigenvalue weighted by Gasteiger charge is -2.18. The summed E-state index contributed by atoms with van der Waals surface area (Å²) in [5.41, 5.74) is 8.93. The molecular weight excluding hydrogens is 456 g/mol. The third-order valence-corrected chi connectivity index (χ3v) is 7.27. The summed E-state index contributed by atoms with van der Waals surface area (Å²) in [6.07, 6.45) is 1.64. The Morgan fingerprint density at radius 1 is 1.00 bits per heavy atom. The normalized spacial score (nSPS) is 13.2. The Bertz CT molecular complexity index is 1290. The topological polar surface area (TPSA) is 92.8 Å². The van der Waals surface area contributed by atoms with Gasteiger partial charge in [0, 0.05) is 11.3 Å². The lowest BCUT2D eigenvalue weighted by molar-refractivity contribution is 0.118. The van der Waals surface area contributed by atoms with Crippen LogP contribution in [0.1, 0.15) is 26.3 Å². The van der Waals surface area contributed by atoms with Crippen molar-refractivity contribution in [2.75, 3.05) is 5.75 Å². The molecule has 0 heterocycles. The third-order valence-electron chi connectivity index (χ3n) is 5.20. The van der Waals surface area contributed by atoms with Crippen LogP contribution in [0.2, 0.25) is 5.02 Å². The number of hydrogen-bond acceptors (Lipinski definition) is 5. The molecule has 0 atom stereocenters. The number of hydrogen-bond donors (Lipinski definition) is 2. The van der Waals surface area contributed by atoms with Gasteiger partial charge in [0.2, 0.25) is 0 Å². The fourth-order valence-corrected chi connectivity index (χ4v) is 4.09. The summed E-state index contributed by atoms with van der Waals surface area (Å²) in [4.78, 5) is 4.99. The van der Waals surface area contributed by atoms with Crippen molar-refractivity contribution in [1.82, 2.24) is 0 Å². The van der Waals surface area contributed by atoms with E-state index in [0.717, 1.165) is 16.7 Å². The number of rotatable bonds is 7. The van der Waals surface area contributed by atoms with Gasteiger partial charge in [-0.1, -0.05) is 67.1 Å². The minimum atomic E-state index is -3.24. The van der Waals surface area contributed by atoms with Gasteiger partial charge in [-0.05, 0) is 55.3 Å². The van der Waals surface area contributed by atoms with E-state index in [1.165, 1.54) is 0 Å². The SMILES string of the molecule is CCS(=O)(=O)c1ccc(-c2ccc(C(C=C(N)C(C)(C)O)=Nc3ccccc3Cl)cc2)cc1. The molecule has 0 amide bonds. The number of allylic oxidation sites excluding steroid dienone is 1. The van der Waals surface area contributed by atoms with Crippen molar-refractivity contribution >= 4 is 32.8 Å². The molecule has 0 aliphatic heterocycles. The van der Waals surface area contributed by atoms with Crippen molar-refractivity contribution in [2.24, 2.45) is 10.7 Å². The van der Waals surface area contributed by atoms with Crippen LogP contribution in [0.15, 0.2) is 94.5 Å². The van der Waals surface area contributed by atoms with Gasteiger partial charge < -0.3 is 10.8 Å². The Kier molecular flexibility index (Phi) is 7.42. The first-order valence-corrected chi connectivity index (χ1v) is 12.5. The van der Waals surface area contributed by atoms with Gasteiger partial charge in [0.1, 0.15) is 0 Å². The molecule has 7 heteroatoms. The highest BCUT2D eigenvalue weighted by Crippen LogP contribution is 2.27. The lowest BCUT2D eigenvalue weighted by atomic mass is 9.99. The highest BCUT2D eigenvalue weighted by Gasteiger charge is 2.17. The lowest BCUT2D eigenvalue weighted by Crippen LogP contribution is -2.28. The minimum Gasteiger partial charge on any atom is -0.400 e. The van der Waals surface area contributed by atoms with Gasteiger partial charge in [0.15, 0.2) is 9.84 Å². The van der Waals surface area contributed by atoms with Crippen molar-refractivity contribution in [3.63, 3.8) is 0 Å². The number of benzene rings is 3. The van der Waals surface area contributed by atoms with Crippen molar-refractivity contribution in [1.29, 1.82) is 0 Å². The molecule has 0 aliphatic rings. The minimum absolute atomic E-state index is 0.0654. The molecule has 33 heavy (non-hydrogen) atoms. The molecular formula is C26H27ClN2O3S. The third kappa shape index (κ3) is 6.11. The Hall–Kier alpha value is -2.93. The maximum atomic E-state index is 12.0. The molecule has 172 valence electrons. The summed E-state index contributed by atoms with van der Waals surface area (Å²) in [7, 11) is -3.24. The van der Waals surface area contributed by atoms with Crippen molar-refractivity contribution in [3.8, 4) is 11.1 Å². The van der Waals surface area contributed by atoms with Gasteiger partial charge in [0.05, 0.1) is 32.7 Å². The van der Waals surface area contributed by atoms with Crippen molar-refractivity contribution in [3.05, 3.63) is 95.2 Å².